The van der Waals surface area contributed by atoms with Gasteiger partial charge in [-0.2, -0.15) is 0 Å². The summed E-state index contributed by atoms with van der Waals surface area (Å²) in [6.45, 7) is 3.65. The largest absolute Gasteiger partial charge is 0.454 e. The maximum absolute atomic E-state index is 13.6. The fourth-order valence-electron chi connectivity index (χ4n) is 8.89. The topological polar surface area (TPSA) is 112 Å². The van der Waals surface area contributed by atoms with Crippen molar-refractivity contribution in [1.29, 1.82) is 0 Å². The van der Waals surface area contributed by atoms with Crippen LogP contribution < -0.4 is 9.47 Å². The second-order valence-electron chi connectivity index (χ2n) is 12.0. The number of carbonyl (C=O) groups is 2. The van der Waals surface area contributed by atoms with E-state index < -0.39 is 47.3 Å². The number of ketones is 2. The maximum Gasteiger partial charge on any atom is 0.231 e. The summed E-state index contributed by atoms with van der Waals surface area (Å²) in [5.41, 5.74) is -0.696. The lowest BCUT2D eigenvalue weighted by Crippen LogP contribution is -2.63. The van der Waals surface area contributed by atoms with Crippen molar-refractivity contribution in [2.75, 3.05) is 13.4 Å². The third kappa shape index (κ3) is 2.93. The third-order valence-electron chi connectivity index (χ3n) is 10.5. The molecule has 0 aromatic heterocycles. The summed E-state index contributed by atoms with van der Waals surface area (Å²) in [6, 6.07) is 5.45. The summed E-state index contributed by atoms with van der Waals surface area (Å²) in [5, 5.41) is 21.8. The number of hydrogen-bond acceptors (Lipinski definition) is 8. The lowest BCUT2D eigenvalue weighted by Gasteiger charge is -2.59. The Bertz CT molecular complexity index is 1250. The van der Waals surface area contributed by atoms with Crippen LogP contribution in [0.1, 0.15) is 51.4 Å². The Hall–Kier alpha value is -2.52. The summed E-state index contributed by atoms with van der Waals surface area (Å²) < 4.78 is 24.0. The van der Waals surface area contributed by atoms with Crippen molar-refractivity contribution in [3.05, 3.63) is 47.6 Å². The number of aliphatic hydroxyl groups is 2. The number of rotatable bonds is 3. The first-order valence-corrected chi connectivity index (χ1v) is 13.2. The molecule has 1 aromatic rings. The van der Waals surface area contributed by atoms with Gasteiger partial charge < -0.3 is 29.2 Å². The molecule has 0 radical (unpaired) electrons. The zero-order valence-electron chi connectivity index (χ0n) is 21.0. The highest BCUT2D eigenvalue weighted by Gasteiger charge is 2.75. The Labute approximate surface area is 215 Å². The third-order valence-corrected chi connectivity index (χ3v) is 10.5. The van der Waals surface area contributed by atoms with Gasteiger partial charge in [-0.05, 0) is 67.9 Å². The molecule has 196 valence electrons. The molecule has 2 aliphatic heterocycles. The molecule has 0 amide bonds. The van der Waals surface area contributed by atoms with Crippen LogP contribution in [0.25, 0.3) is 0 Å². The number of aliphatic hydroxyl groups excluding tert-OH is 2. The zero-order valence-corrected chi connectivity index (χ0v) is 21.0. The van der Waals surface area contributed by atoms with Crippen molar-refractivity contribution in [2.45, 2.75) is 63.6 Å². The molecule has 2 N–H and O–H groups in total. The highest BCUT2D eigenvalue weighted by Crippen LogP contribution is 2.70. The molecule has 1 aromatic carbocycles. The Kier molecular flexibility index (Phi) is 4.94. The molecule has 7 rings (SSSR count). The number of benzene rings is 1. The molecular weight excluding hydrogens is 476 g/mol. The van der Waals surface area contributed by atoms with Crippen LogP contribution in [0, 0.1) is 28.6 Å². The molecule has 37 heavy (non-hydrogen) atoms. The Morgan fingerprint density at radius 2 is 2.00 bits per heavy atom. The predicted molar refractivity (Wildman–Crippen MR) is 129 cm³/mol. The van der Waals surface area contributed by atoms with E-state index >= 15 is 0 Å². The van der Waals surface area contributed by atoms with E-state index in [-0.39, 0.29) is 30.3 Å². The molecule has 6 aliphatic rings. The first kappa shape index (κ1) is 23.6. The van der Waals surface area contributed by atoms with Crippen molar-refractivity contribution in [2.24, 2.45) is 28.6 Å². The van der Waals surface area contributed by atoms with Gasteiger partial charge in [0.2, 0.25) is 6.79 Å². The summed E-state index contributed by atoms with van der Waals surface area (Å²) in [4.78, 5) is 25.7. The number of carbonyl (C=O) groups excluding carboxylic acids is 2. The molecule has 2 heterocycles. The van der Waals surface area contributed by atoms with Crippen molar-refractivity contribution < 1.29 is 38.7 Å². The summed E-state index contributed by atoms with van der Waals surface area (Å²) in [6.07, 6.45) is 5.84. The maximum atomic E-state index is 13.6. The summed E-state index contributed by atoms with van der Waals surface area (Å²) in [7, 11) is 0. The van der Waals surface area contributed by atoms with Crippen LogP contribution in [0.2, 0.25) is 0 Å². The van der Waals surface area contributed by atoms with E-state index in [1.54, 1.807) is 18.2 Å². The van der Waals surface area contributed by atoms with Crippen LogP contribution in [0.4, 0.5) is 0 Å². The van der Waals surface area contributed by atoms with Gasteiger partial charge in [-0.25, -0.2) is 0 Å². The molecule has 0 spiro atoms. The number of ether oxygens (including phenoxy) is 4. The van der Waals surface area contributed by atoms with Gasteiger partial charge in [-0.1, -0.05) is 25.5 Å². The smallest absolute Gasteiger partial charge is 0.231 e. The van der Waals surface area contributed by atoms with Crippen molar-refractivity contribution in [3.8, 4) is 11.5 Å². The van der Waals surface area contributed by atoms with Gasteiger partial charge >= 0.3 is 0 Å². The molecule has 3 saturated carbocycles. The van der Waals surface area contributed by atoms with Crippen LogP contribution in [0.3, 0.4) is 0 Å². The molecule has 0 bridgehead atoms. The molecular formula is C29H32O8. The van der Waals surface area contributed by atoms with Crippen LogP contribution in [0.15, 0.2) is 42.0 Å². The standard InChI is InChI=1S/C29H32O8/c1-27-8-7-17(31)10-16(27)4-5-18-19-11-24-29(23(33)13-30,28(19,2)12-20(32)25(18)27)37-26(36-24)15-3-6-21-22(9-15)35-14-34-21/h3,6-10,18-20,24-26,30,32H,4-5,11-14H2,1-2H3/t18-,19-,20-,24+,25+,26+,27-,28-,29+/m0/s1. The highest BCUT2D eigenvalue weighted by atomic mass is 16.7. The number of Topliss-reactive ketones (excluding diaryl/α,β-unsaturated/α-hetero) is 1. The minimum absolute atomic E-state index is 0.000292. The van der Waals surface area contributed by atoms with E-state index in [0.29, 0.717) is 24.3 Å². The first-order valence-electron chi connectivity index (χ1n) is 13.2. The lowest BCUT2D eigenvalue weighted by molar-refractivity contribution is -0.201. The predicted octanol–water partition coefficient (Wildman–Crippen LogP) is 3.02. The van der Waals surface area contributed by atoms with E-state index in [4.69, 9.17) is 18.9 Å². The van der Waals surface area contributed by atoms with E-state index in [1.165, 1.54) is 0 Å². The van der Waals surface area contributed by atoms with E-state index in [2.05, 4.69) is 6.92 Å². The van der Waals surface area contributed by atoms with Gasteiger partial charge in [-0.15, -0.1) is 0 Å². The van der Waals surface area contributed by atoms with Crippen LogP contribution in [-0.2, 0) is 19.1 Å². The number of fused-ring (bicyclic) bond motifs is 8. The van der Waals surface area contributed by atoms with E-state index in [0.717, 1.165) is 24.0 Å². The fourth-order valence-corrected chi connectivity index (χ4v) is 8.89. The zero-order chi connectivity index (χ0) is 25.7. The Morgan fingerprint density at radius 3 is 2.81 bits per heavy atom. The number of hydrogen-bond donors (Lipinski definition) is 2. The monoisotopic (exact) mass is 508 g/mol. The molecule has 4 aliphatic carbocycles. The van der Waals surface area contributed by atoms with Crippen LogP contribution >= 0.6 is 0 Å². The van der Waals surface area contributed by atoms with Gasteiger partial charge in [0.25, 0.3) is 0 Å². The second-order valence-corrected chi connectivity index (χ2v) is 12.0. The van der Waals surface area contributed by atoms with E-state index in [1.807, 2.05) is 25.1 Å². The summed E-state index contributed by atoms with van der Waals surface area (Å²) in [5.74, 6) is 0.960. The first-order chi connectivity index (χ1) is 17.7. The van der Waals surface area contributed by atoms with Crippen molar-refractivity contribution in [1.82, 2.24) is 0 Å². The Balaban J connectivity index is 1.26. The molecule has 4 fully saturated rings. The lowest BCUT2D eigenvalue weighted by atomic mass is 9.46. The quantitative estimate of drug-likeness (QED) is 0.641. The van der Waals surface area contributed by atoms with Crippen molar-refractivity contribution >= 4 is 11.6 Å². The SMILES string of the molecule is C[C@]12C=CC(=O)C=C1CC[C@@H]1[C@@H]2[C@@H](O)C[C@@]2(C)[C@H]1C[C@H]1O[C@@H](c3ccc4c(c3)OCO4)O[C@]12C(=O)CO. The molecule has 1 saturated heterocycles. The van der Waals surface area contributed by atoms with E-state index in [9.17, 15) is 19.8 Å². The average Bonchev–Trinajstić information content (AvgIpc) is 3.56. The van der Waals surface area contributed by atoms with Gasteiger partial charge in [-0.3, -0.25) is 9.59 Å². The number of allylic oxidation sites excluding steroid dienone is 4. The minimum atomic E-state index is -1.37. The van der Waals surface area contributed by atoms with Crippen molar-refractivity contribution in [3.63, 3.8) is 0 Å². The molecule has 8 heteroatoms. The summed E-state index contributed by atoms with van der Waals surface area (Å²) >= 11 is 0. The van der Waals surface area contributed by atoms with Gasteiger partial charge in [0.05, 0.1) is 12.2 Å². The second kappa shape index (κ2) is 7.76. The van der Waals surface area contributed by atoms with Crippen LogP contribution in [-0.4, -0.2) is 53.0 Å². The van der Waals surface area contributed by atoms with Gasteiger partial charge in [0, 0.05) is 22.3 Å². The van der Waals surface area contributed by atoms with Gasteiger partial charge in [0.15, 0.2) is 35.0 Å². The highest BCUT2D eigenvalue weighted by molar-refractivity contribution is 6.01. The molecule has 0 unspecified atom stereocenters. The van der Waals surface area contributed by atoms with Gasteiger partial charge in [0.1, 0.15) is 6.61 Å². The van der Waals surface area contributed by atoms with Crippen LogP contribution in [0.5, 0.6) is 11.5 Å². The molecule has 8 nitrogen and oxygen atoms in total. The minimum Gasteiger partial charge on any atom is -0.454 e. The average molecular weight is 509 g/mol. The molecule has 9 atom stereocenters. The Morgan fingerprint density at radius 1 is 1.19 bits per heavy atom. The fraction of sp³-hybridized carbons (Fsp3) is 0.586. The normalized spacial score (nSPS) is 45.1.